The van der Waals surface area contributed by atoms with Crippen LogP contribution in [-0.4, -0.2) is 18.2 Å². The zero-order valence-corrected chi connectivity index (χ0v) is 6.72. The highest BCUT2D eigenvalue weighted by molar-refractivity contribution is 5.69. The van der Waals surface area contributed by atoms with Crippen LogP contribution < -0.4 is 5.32 Å². The molecule has 1 N–H and O–H groups in total. The van der Waals surface area contributed by atoms with Crippen molar-refractivity contribution in [1.29, 1.82) is 0 Å². The fraction of sp³-hybridized carbons (Fsp3) is 0.875. The minimum atomic E-state index is -0.245. The average molecular weight is 155 g/mol. The van der Waals surface area contributed by atoms with E-state index in [1.807, 2.05) is 0 Å². The highest BCUT2D eigenvalue weighted by atomic mass is 16.6. The zero-order valence-electron chi connectivity index (χ0n) is 6.72. The van der Waals surface area contributed by atoms with Gasteiger partial charge in [0.25, 0.3) is 0 Å². The molecule has 2 atom stereocenters. The van der Waals surface area contributed by atoms with Gasteiger partial charge in [0.05, 0.1) is 6.61 Å². The van der Waals surface area contributed by atoms with Crippen LogP contribution in [-0.2, 0) is 4.74 Å². The number of ether oxygens (including phenoxy) is 1. The first kappa shape index (κ1) is 6.95. The van der Waals surface area contributed by atoms with E-state index in [0.717, 1.165) is 6.42 Å². The largest absolute Gasteiger partial charge is 0.449 e. The Morgan fingerprint density at radius 3 is 3.36 bits per heavy atom. The van der Waals surface area contributed by atoms with Gasteiger partial charge in [-0.3, -0.25) is 0 Å². The molecule has 0 radical (unpaired) electrons. The average Bonchev–Trinajstić information content (AvgIpc) is 2.28. The summed E-state index contributed by atoms with van der Waals surface area (Å²) in [6.45, 7) is 2.73. The maximum absolute atomic E-state index is 10.9. The van der Waals surface area contributed by atoms with Gasteiger partial charge in [-0.25, -0.2) is 4.79 Å². The molecule has 2 rings (SSSR count). The van der Waals surface area contributed by atoms with Crippen molar-refractivity contribution in [2.45, 2.75) is 31.7 Å². The molecule has 0 spiro atoms. The Morgan fingerprint density at radius 2 is 2.55 bits per heavy atom. The summed E-state index contributed by atoms with van der Waals surface area (Å²) in [6, 6.07) is 0. The molecule has 2 unspecified atom stereocenters. The number of nitrogens with one attached hydrogen (secondary N) is 1. The minimum absolute atomic E-state index is 0.0370. The predicted octanol–water partition coefficient (Wildman–Crippen LogP) is 1.28. The van der Waals surface area contributed by atoms with E-state index in [9.17, 15) is 4.79 Å². The summed E-state index contributed by atoms with van der Waals surface area (Å²) in [5.41, 5.74) is 0.0370. The molecule has 3 nitrogen and oxygen atoms in total. The van der Waals surface area contributed by atoms with Crippen LogP contribution in [0.4, 0.5) is 4.79 Å². The molecule has 1 heterocycles. The number of hydrogen-bond acceptors (Lipinski definition) is 2. The molecule has 1 aliphatic heterocycles. The van der Waals surface area contributed by atoms with Gasteiger partial charge in [-0.05, 0) is 19.8 Å². The van der Waals surface area contributed by atoms with Crippen molar-refractivity contribution in [3.63, 3.8) is 0 Å². The van der Waals surface area contributed by atoms with Crippen molar-refractivity contribution in [1.82, 2.24) is 5.32 Å². The second-order valence-electron chi connectivity index (χ2n) is 3.73. The van der Waals surface area contributed by atoms with Gasteiger partial charge in [0.15, 0.2) is 0 Å². The predicted molar refractivity (Wildman–Crippen MR) is 40.2 cm³/mol. The van der Waals surface area contributed by atoms with Gasteiger partial charge in [-0.1, -0.05) is 6.42 Å². The van der Waals surface area contributed by atoms with Crippen LogP contribution in [0.15, 0.2) is 0 Å². The molecule has 0 bridgehead atoms. The van der Waals surface area contributed by atoms with Gasteiger partial charge in [0.1, 0.15) is 0 Å². The van der Waals surface area contributed by atoms with Gasteiger partial charge < -0.3 is 10.1 Å². The van der Waals surface area contributed by atoms with E-state index in [1.54, 1.807) is 0 Å². The second-order valence-corrected chi connectivity index (χ2v) is 3.73. The molecule has 62 valence electrons. The number of carbonyl (C=O) groups excluding carboxylic acids is 1. The molecule has 0 aromatic carbocycles. The fourth-order valence-corrected chi connectivity index (χ4v) is 2.12. The SMILES string of the molecule is CC12CCCC1COC(=O)N2. The molecule has 1 aliphatic carbocycles. The maximum atomic E-state index is 10.9. The summed E-state index contributed by atoms with van der Waals surface area (Å²) >= 11 is 0. The third-order valence-corrected chi connectivity index (χ3v) is 2.95. The lowest BCUT2D eigenvalue weighted by Crippen LogP contribution is -2.54. The van der Waals surface area contributed by atoms with E-state index in [-0.39, 0.29) is 11.6 Å². The Hall–Kier alpha value is -0.730. The summed E-state index contributed by atoms with van der Waals surface area (Å²) in [4.78, 5) is 10.9. The monoisotopic (exact) mass is 155 g/mol. The third-order valence-electron chi connectivity index (χ3n) is 2.95. The zero-order chi connectivity index (χ0) is 7.90. The number of cyclic esters (lactones) is 1. The maximum Gasteiger partial charge on any atom is 0.407 e. The Balaban J connectivity index is 2.16. The van der Waals surface area contributed by atoms with Crippen LogP contribution in [0.25, 0.3) is 0 Å². The van der Waals surface area contributed by atoms with Crippen molar-refractivity contribution in [3.05, 3.63) is 0 Å². The number of rotatable bonds is 0. The lowest BCUT2D eigenvalue weighted by atomic mass is 9.89. The Kier molecular flexibility index (Phi) is 1.34. The lowest BCUT2D eigenvalue weighted by molar-refractivity contribution is 0.0613. The smallest absolute Gasteiger partial charge is 0.407 e. The normalized spacial score (nSPS) is 42.6. The number of amides is 1. The molecule has 1 saturated heterocycles. The molecule has 1 saturated carbocycles. The van der Waals surface area contributed by atoms with Gasteiger partial charge in [-0.2, -0.15) is 0 Å². The highest BCUT2D eigenvalue weighted by Gasteiger charge is 2.43. The highest BCUT2D eigenvalue weighted by Crippen LogP contribution is 2.37. The van der Waals surface area contributed by atoms with E-state index in [1.165, 1.54) is 12.8 Å². The van der Waals surface area contributed by atoms with Gasteiger partial charge in [-0.15, -0.1) is 0 Å². The first-order valence-corrected chi connectivity index (χ1v) is 4.16. The van der Waals surface area contributed by atoms with Crippen molar-refractivity contribution < 1.29 is 9.53 Å². The molecule has 3 heteroatoms. The van der Waals surface area contributed by atoms with Crippen LogP contribution in [0.1, 0.15) is 26.2 Å². The van der Waals surface area contributed by atoms with Crippen LogP contribution in [0.5, 0.6) is 0 Å². The quantitative estimate of drug-likeness (QED) is 0.572. The van der Waals surface area contributed by atoms with Gasteiger partial charge in [0.2, 0.25) is 0 Å². The molecule has 2 fully saturated rings. The van der Waals surface area contributed by atoms with E-state index in [0.29, 0.717) is 12.5 Å². The van der Waals surface area contributed by atoms with Crippen LogP contribution in [0, 0.1) is 5.92 Å². The topological polar surface area (TPSA) is 38.3 Å². The summed E-state index contributed by atoms with van der Waals surface area (Å²) in [7, 11) is 0. The van der Waals surface area contributed by atoms with Crippen molar-refractivity contribution in [2.24, 2.45) is 5.92 Å². The van der Waals surface area contributed by atoms with Crippen molar-refractivity contribution >= 4 is 6.09 Å². The second kappa shape index (κ2) is 2.13. The number of fused-ring (bicyclic) bond motifs is 1. The first-order valence-electron chi connectivity index (χ1n) is 4.16. The van der Waals surface area contributed by atoms with E-state index < -0.39 is 0 Å². The summed E-state index contributed by atoms with van der Waals surface area (Å²) in [6.07, 6.45) is 3.26. The van der Waals surface area contributed by atoms with E-state index in [4.69, 9.17) is 4.74 Å². The van der Waals surface area contributed by atoms with Crippen LogP contribution in [0.2, 0.25) is 0 Å². The number of carbonyl (C=O) groups is 1. The van der Waals surface area contributed by atoms with E-state index in [2.05, 4.69) is 12.2 Å². The Labute approximate surface area is 66.1 Å². The summed E-state index contributed by atoms with van der Waals surface area (Å²) in [5, 5.41) is 2.89. The van der Waals surface area contributed by atoms with Crippen molar-refractivity contribution in [2.75, 3.05) is 6.61 Å². The fourth-order valence-electron chi connectivity index (χ4n) is 2.12. The molecular weight excluding hydrogens is 142 g/mol. The molecule has 2 aliphatic rings. The Bertz CT molecular complexity index is 193. The van der Waals surface area contributed by atoms with Crippen LogP contribution >= 0.6 is 0 Å². The molecule has 1 amide bonds. The van der Waals surface area contributed by atoms with Crippen LogP contribution in [0.3, 0.4) is 0 Å². The standard InChI is InChI=1S/C8H13NO2/c1-8-4-2-3-6(8)5-11-7(10)9-8/h6H,2-5H2,1H3,(H,9,10). The lowest BCUT2D eigenvalue weighted by Gasteiger charge is -2.36. The molecule has 0 aromatic heterocycles. The van der Waals surface area contributed by atoms with Gasteiger partial charge in [0, 0.05) is 11.5 Å². The third kappa shape index (κ3) is 0.988. The minimum Gasteiger partial charge on any atom is -0.449 e. The number of alkyl carbamates (subject to hydrolysis) is 1. The molecule has 0 aromatic rings. The molecular formula is C8H13NO2. The Morgan fingerprint density at radius 1 is 1.73 bits per heavy atom. The molecule has 11 heavy (non-hydrogen) atoms. The summed E-state index contributed by atoms with van der Waals surface area (Å²) in [5.74, 6) is 0.542. The summed E-state index contributed by atoms with van der Waals surface area (Å²) < 4.78 is 4.91. The number of hydrogen-bond donors (Lipinski definition) is 1. The van der Waals surface area contributed by atoms with Gasteiger partial charge >= 0.3 is 6.09 Å². The van der Waals surface area contributed by atoms with E-state index >= 15 is 0 Å². The first-order chi connectivity index (χ1) is 5.21. The van der Waals surface area contributed by atoms with Crippen molar-refractivity contribution in [3.8, 4) is 0 Å².